The first-order valence-corrected chi connectivity index (χ1v) is 9.45. The van der Waals surface area contributed by atoms with Crippen molar-refractivity contribution in [2.75, 3.05) is 21.3 Å². The quantitative estimate of drug-likeness (QED) is 0.693. The lowest BCUT2D eigenvalue weighted by Crippen LogP contribution is -2.31. The average molecular weight is 419 g/mol. The number of pyridine rings is 1. The molecule has 8 heteroatoms. The number of methoxy groups -OCH3 is 3. The Kier molecular flexibility index (Phi) is 4.95. The number of nitriles is 1. The monoisotopic (exact) mass is 419 g/mol. The summed E-state index contributed by atoms with van der Waals surface area (Å²) < 4.78 is 23.7. The molecule has 31 heavy (non-hydrogen) atoms. The van der Waals surface area contributed by atoms with E-state index in [1.165, 1.54) is 21.3 Å². The molecule has 0 saturated heterocycles. The van der Waals surface area contributed by atoms with Crippen molar-refractivity contribution in [1.29, 1.82) is 5.26 Å². The Hall–Kier alpha value is -4.12. The van der Waals surface area contributed by atoms with Gasteiger partial charge in [0.15, 0.2) is 11.5 Å². The predicted octanol–water partition coefficient (Wildman–Crippen LogP) is 2.78. The van der Waals surface area contributed by atoms with Crippen molar-refractivity contribution < 1.29 is 18.9 Å². The summed E-state index contributed by atoms with van der Waals surface area (Å²) >= 11 is 0. The van der Waals surface area contributed by atoms with E-state index in [2.05, 4.69) is 6.07 Å². The highest BCUT2D eigenvalue weighted by Gasteiger charge is 2.36. The zero-order chi connectivity index (χ0) is 22.3. The van der Waals surface area contributed by atoms with Crippen LogP contribution in [0.2, 0.25) is 0 Å². The minimum atomic E-state index is -0.772. The van der Waals surface area contributed by atoms with Crippen LogP contribution in [0.1, 0.15) is 17.0 Å². The van der Waals surface area contributed by atoms with Gasteiger partial charge in [0.2, 0.25) is 11.6 Å². The third kappa shape index (κ3) is 2.94. The van der Waals surface area contributed by atoms with Crippen molar-refractivity contribution in [1.82, 2.24) is 4.57 Å². The minimum Gasteiger partial charge on any atom is -0.493 e. The van der Waals surface area contributed by atoms with Gasteiger partial charge in [0.05, 0.1) is 38.3 Å². The number of benzene rings is 2. The Bertz CT molecular complexity index is 1310. The number of aryl methyl sites for hydroxylation is 1. The van der Waals surface area contributed by atoms with Gasteiger partial charge in [-0.15, -0.1) is 0 Å². The molecular formula is C23H21N3O5. The first-order valence-electron chi connectivity index (χ1n) is 9.45. The largest absolute Gasteiger partial charge is 0.493 e. The van der Waals surface area contributed by atoms with E-state index >= 15 is 0 Å². The highest BCUT2D eigenvalue weighted by atomic mass is 16.5. The number of ether oxygens (including phenoxy) is 4. The van der Waals surface area contributed by atoms with E-state index in [1.807, 2.05) is 24.3 Å². The van der Waals surface area contributed by atoms with Crippen LogP contribution in [0.5, 0.6) is 23.0 Å². The number of hydrogen-bond donors (Lipinski definition) is 1. The predicted molar refractivity (Wildman–Crippen MR) is 115 cm³/mol. The van der Waals surface area contributed by atoms with Gasteiger partial charge < -0.3 is 29.2 Å². The molecule has 158 valence electrons. The Morgan fingerprint density at radius 2 is 1.74 bits per heavy atom. The van der Waals surface area contributed by atoms with Crippen LogP contribution in [-0.4, -0.2) is 25.9 Å². The SMILES string of the molecule is COc1cc([C@H]2C(C#N)=C(N)Oc3c2c(=O)n(C)c2ccccc32)cc(OC)c1OC. The van der Waals surface area contributed by atoms with Gasteiger partial charge in [0.1, 0.15) is 17.4 Å². The fourth-order valence-electron chi connectivity index (χ4n) is 4.03. The summed E-state index contributed by atoms with van der Waals surface area (Å²) in [5.74, 6) is 0.728. The van der Waals surface area contributed by atoms with Gasteiger partial charge in [-0.3, -0.25) is 4.79 Å². The number of para-hydroxylation sites is 1. The van der Waals surface area contributed by atoms with Crippen LogP contribution in [0.15, 0.2) is 52.6 Å². The average Bonchev–Trinajstić information content (AvgIpc) is 2.80. The molecule has 0 unspecified atom stereocenters. The number of hydrogen-bond acceptors (Lipinski definition) is 7. The molecule has 0 aliphatic carbocycles. The summed E-state index contributed by atoms with van der Waals surface area (Å²) in [6, 6.07) is 12.9. The normalized spacial score (nSPS) is 15.1. The van der Waals surface area contributed by atoms with Gasteiger partial charge in [0, 0.05) is 12.4 Å². The Balaban J connectivity index is 2.11. The molecule has 2 aromatic carbocycles. The van der Waals surface area contributed by atoms with Gasteiger partial charge in [-0.2, -0.15) is 5.26 Å². The zero-order valence-electron chi connectivity index (χ0n) is 17.6. The van der Waals surface area contributed by atoms with Crippen LogP contribution in [-0.2, 0) is 7.05 Å². The molecule has 0 saturated carbocycles. The van der Waals surface area contributed by atoms with Gasteiger partial charge in [-0.1, -0.05) is 12.1 Å². The third-order valence-corrected chi connectivity index (χ3v) is 5.49. The Labute approximate surface area is 178 Å². The summed E-state index contributed by atoms with van der Waals surface area (Å²) in [6.07, 6.45) is 0. The lowest BCUT2D eigenvalue weighted by Gasteiger charge is -2.28. The van der Waals surface area contributed by atoms with E-state index in [4.69, 9.17) is 24.7 Å². The topological polar surface area (TPSA) is 109 Å². The minimum absolute atomic E-state index is 0.0489. The van der Waals surface area contributed by atoms with Crippen LogP contribution in [0.4, 0.5) is 0 Å². The first kappa shape index (κ1) is 20.2. The smallest absolute Gasteiger partial charge is 0.258 e. The molecule has 1 aromatic heterocycles. The van der Waals surface area contributed by atoms with Gasteiger partial charge >= 0.3 is 0 Å². The standard InChI is InChI=1S/C23H21N3O5/c1-26-15-8-6-5-7-13(15)20-19(23(26)27)18(14(11-24)22(25)31-20)12-9-16(28-2)21(30-4)17(10-12)29-3/h5-10,18H,25H2,1-4H3/t18-/m0/s1. The Morgan fingerprint density at radius 3 is 2.32 bits per heavy atom. The van der Waals surface area contributed by atoms with E-state index < -0.39 is 5.92 Å². The fourth-order valence-corrected chi connectivity index (χ4v) is 4.03. The first-order chi connectivity index (χ1) is 15.0. The molecule has 0 fully saturated rings. The maximum Gasteiger partial charge on any atom is 0.258 e. The van der Waals surface area contributed by atoms with E-state index in [0.717, 1.165) is 5.39 Å². The third-order valence-electron chi connectivity index (χ3n) is 5.49. The lowest BCUT2D eigenvalue weighted by molar-refractivity contribution is 0.323. The second-order valence-electron chi connectivity index (χ2n) is 7.01. The van der Waals surface area contributed by atoms with Crippen LogP contribution in [0.25, 0.3) is 10.9 Å². The highest BCUT2D eigenvalue weighted by molar-refractivity contribution is 5.88. The molecule has 0 amide bonds. The summed E-state index contributed by atoms with van der Waals surface area (Å²) in [5, 5.41) is 10.6. The molecular weight excluding hydrogens is 398 g/mol. The molecule has 3 aromatic rings. The van der Waals surface area contributed by atoms with Crippen molar-refractivity contribution in [3.63, 3.8) is 0 Å². The second-order valence-corrected chi connectivity index (χ2v) is 7.01. The summed E-state index contributed by atoms with van der Waals surface area (Å²) in [4.78, 5) is 13.4. The van der Waals surface area contributed by atoms with Gasteiger partial charge in [0.25, 0.3) is 5.56 Å². The molecule has 8 nitrogen and oxygen atoms in total. The number of nitrogens with zero attached hydrogens (tertiary/aromatic N) is 2. The van der Waals surface area contributed by atoms with Gasteiger partial charge in [-0.25, -0.2) is 0 Å². The van der Waals surface area contributed by atoms with Crippen LogP contribution < -0.4 is 30.2 Å². The molecule has 1 atom stereocenters. The van der Waals surface area contributed by atoms with Gasteiger partial charge in [-0.05, 0) is 29.8 Å². The number of aromatic nitrogens is 1. The van der Waals surface area contributed by atoms with Crippen molar-refractivity contribution in [3.05, 3.63) is 69.3 Å². The number of fused-ring (bicyclic) bond motifs is 3. The Morgan fingerprint density at radius 1 is 1.10 bits per heavy atom. The summed E-state index contributed by atoms with van der Waals surface area (Å²) in [5.41, 5.74) is 7.60. The van der Waals surface area contributed by atoms with Crippen molar-refractivity contribution in [2.45, 2.75) is 5.92 Å². The summed E-state index contributed by atoms with van der Waals surface area (Å²) in [7, 11) is 6.19. The molecule has 2 N–H and O–H groups in total. The van der Waals surface area contributed by atoms with E-state index in [-0.39, 0.29) is 17.0 Å². The highest BCUT2D eigenvalue weighted by Crippen LogP contribution is 2.47. The molecule has 4 rings (SSSR count). The number of rotatable bonds is 4. The molecule has 1 aliphatic heterocycles. The lowest BCUT2D eigenvalue weighted by atomic mass is 9.83. The molecule has 0 spiro atoms. The van der Waals surface area contributed by atoms with Crippen LogP contribution in [0.3, 0.4) is 0 Å². The molecule has 0 radical (unpaired) electrons. The number of allylic oxidation sites excluding steroid dienone is 1. The van der Waals surface area contributed by atoms with Crippen molar-refractivity contribution in [3.8, 4) is 29.1 Å². The van der Waals surface area contributed by atoms with Crippen molar-refractivity contribution >= 4 is 10.9 Å². The number of nitrogens with two attached hydrogens (primary N) is 1. The molecule has 2 heterocycles. The van der Waals surface area contributed by atoms with E-state index in [0.29, 0.717) is 39.6 Å². The van der Waals surface area contributed by atoms with E-state index in [9.17, 15) is 10.1 Å². The molecule has 0 bridgehead atoms. The maximum absolute atomic E-state index is 13.4. The van der Waals surface area contributed by atoms with Crippen molar-refractivity contribution in [2.24, 2.45) is 12.8 Å². The maximum atomic E-state index is 13.4. The molecule has 1 aliphatic rings. The van der Waals surface area contributed by atoms with Crippen LogP contribution in [0, 0.1) is 11.3 Å². The van der Waals surface area contributed by atoms with E-state index in [1.54, 1.807) is 23.7 Å². The van der Waals surface area contributed by atoms with Crippen LogP contribution >= 0.6 is 0 Å². The summed E-state index contributed by atoms with van der Waals surface area (Å²) in [6.45, 7) is 0. The second kappa shape index (κ2) is 7.61. The zero-order valence-corrected chi connectivity index (χ0v) is 17.6. The fraction of sp³-hybridized carbons (Fsp3) is 0.217.